The van der Waals surface area contributed by atoms with Crippen LogP contribution in [-0.4, -0.2) is 110 Å². The fourth-order valence-electron chi connectivity index (χ4n) is 0.122. The molecule has 0 amide bonds. The zero-order chi connectivity index (χ0) is 7.71. The Bertz CT molecular complexity index is 162. The summed E-state index contributed by atoms with van der Waals surface area (Å²) in [6.45, 7) is 0. The SMILES string of the molecule is O=P([O-])([O-])OP(=O)([O-])[O-].[Ba+2].[Ca+2].[Mg+2]. The summed E-state index contributed by atoms with van der Waals surface area (Å²) in [6.07, 6.45) is 0. The predicted molar refractivity (Wildman–Crippen MR) is 33.6 cm³/mol. The van der Waals surface area contributed by atoms with Gasteiger partial charge < -0.3 is 33.0 Å². The fourth-order valence-corrected chi connectivity index (χ4v) is 1.10. The van der Waals surface area contributed by atoms with Gasteiger partial charge in [0.2, 0.25) is 0 Å². The zero-order valence-electron chi connectivity index (χ0n) is 5.87. The summed E-state index contributed by atoms with van der Waals surface area (Å²) < 4.78 is 21.2. The smallest absolute Gasteiger partial charge is 0.790 e. The first-order valence-electron chi connectivity index (χ1n) is 1.46. The van der Waals surface area contributed by atoms with Gasteiger partial charge in [0.25, 0.3) is 0 Å². The largest absolute Gasteiger partial charge is 2.00 e. The van der Waals surface area contributed by atoms with Crippen LogP contribution >= 0.6 is 15.6 Å². The Kier molecular flexibility index (Phi) is 20.8. The molecule has 0 rings (SSSR count). The van der Waals surface area contributed by atoms with E-state index in [4.69, 9.17) is 0 Å². The van der Waals surface area contributed by atoms with Gasteiger partial charge in [-0.3, -0.25) is 0 Å². The van der Waals surface area contributed by atoms with Crippen molar-refractivity contribution in [1.29, 1.82) is 0 Å². The average molecular weight is 376 g/mol. The maximum Gasteiger partial charge on any atom is 2.00 e. The Morgan fingerprint density at radius 1 is 0.917 bits per heavy atom. The summed E-state index contributed by atoms with van der Waals surface area (Å²) in [4.78, 5) is 37.3. The van der Waals surface area contributed by atoms with Crippen molar-refractivity contribution in [3.63, 3.8) is 0 Å². The quantitative estimate of drug-likeness (QED) is 0.350. The van der Waals surface area contributed by atoms with Crippen LogP contribution in [0.5, 0.6) is 0 Å². The van der Waals surface area contributed by atoms with Crippen LogP contribution in [-0.2, 0) is 13.4 Å². The molecule has 0 fully saturated rings. The predicted octanol–water partition coefficient (Wildman–Crippen LogP) is -4.48. The van der Waals surface area contributed by atoms with Gasteiger partial charge in [-0.25, -0.2) is 0 Å². The summed E-state index contributed by atoms with van der Waals surface area (Å²) in [7, 11) is -11.4. The Balaban J connectivity index is -0.000000107. The molecule has 0 radical (unpaired) electrons. The minimum atomic E-state index is -5.68. The molecule has 0 aliphatic carbocycles. The molecule has 0 spiro atoms. The van der Waals surface area contributed by atoms with E-state index in [0.29, 0.717) is 0 Å². The number of rotatable bonds is 2. The van der Waals surface area contributed by atoms with E-state index in [1.165, 1.54) is 0 Å². The molecular formula is BaCaMgO7P2+2. The van der Waals surface area contributed by atoms with E-state index >= 15 is 0 Å². The molecule has 12 heavy (non-hydrogen) atoms. The van der Waals surface area contributed by atoms with E-state index in [1.807, 2.05) is 0 Å². The van der Waals surface area contributed by atoms with Gasteiger partial charge in [0.15, 0.2) is 0 Å². The van der Waals surface area contributed by atoms with Crippen LogP contribution in [0.1, 0.15) is 0 Å². The standard InChI is InChI=1S/Ba.Ca.Mg.H4O7P2/c;;;1-8(2,3)7-9(4,5)6/h;;;(H2,1,2,3)(H2,4,5,6)/q3*+2;/p-4. The molecule has 56 valence electrons. The monoisotopic (exact) mass is 376 g/mol. The molecular weight excluding hydrogens is 376 g/mol. The van der Waals surface area contributed by atoms with Gasteiger partial charge in [0.1, 0.15) is 0 Å². The normalized spacial score (nSPS) is 10.3. The molecule has 0 unspecified atom stereocenters. The van der Waals surface area contributed by atoms with E-state index in [-0.39, 0.29) is 110 Å². The van der Waals surface area contributed by atoms with Gasteiger partial charge in [0.05, 0.1) is 15.6 Å². The van der Waals surface area contributed by atoms with E-state index in [0.717, 1.165) is 0 Å². The van der Waals surface area contributed by atoms with Gasteiger partial charge in [-0.1, -0.05) is 0 Å². The first kappa shape index (κ1) is 24.9. The van der Waals surface area contributed by atoms with Crippen molar-refractivity contribution in [3.05, 3.63) is 0 Å². The number of phosphoric acid groups is 2. The van der Waals surface area contributed by atoms with Crippen molar-refractivity contribution in [2.45, 2.75) is 0 Å². The second-order valence-electron chi connectivity index (χ2n) is 0.976. The maximum atomic E-state index is 9.32. The van der Waals surface area contributed by atoms with Gasteiger partial charge in [-0.15, -0.1) is 0 Å². The second-order valence-corrected chi connectivity index (χ2v) is 3.42. The molecule has 0 bridgehead atoms. The summed E-state index contributed by atoms with van der Waals surface area (Å²) in [5.74, 6) is 0. The van der Waals surface area contributed by atoms with Gasteiger partial charge in [-0.2, -0.15) is 0 Å². The number of hydrogen-bond donors (Lipinski definition) is 0. The summed E-state index contributed by atoms with van der Waals surface area (Å²) in [5.41, 5.74) is 0. The maximum absolute atomic E-state index is 9.32. The van der Waals surface area contributed by atoms with Crippen molar-refractivity contribution < 1.29 is 33.0 Å². The van der Waals surface area contributed by atoms with Crippen LogP contribution in [0.4, 0.5) is 0 Å². The van der Waals surface area contributed by atoms with E-state index in [1.54, 1.807) is 0 Å². The minimum absolute atomic E-state index is 0. The molecule has 0 aromatic heterocycles. The molecule has 0 saturated heterocycles. The molecule has 0 aliphatic rings. The third-order valence-electron chi connectivity index (χ3n) is 0.200. The first-order valence-corrected chi connectivity index (χ1v) is 4.38. The van der Waals surface area contributed by atoms with E-state index in [9.17, 15) is 28.7 Å². The molecule has 0 heterocycles. The Morgan fingerprint density at radius 3 is 1.08 bits per heavy atom. The topological polar surface area (TPSA) is 136 Å². The van der Waals surface area contributed by atoms with Crippen LogP contribution in [0.25, 0.3) is 0 Å². The molecule has 12 heteroatoms. The third kappa shape index (κ3) is 23.6. The van der Waals surface area contributed by atoms with Crippen LogP contribution in [0.2, 0.25) is 0 Å². The van der Waals surface area contributed by atoms with Crippen molar-refractivity contribution in [1.82, 2.24) is 0 Å². The third-order valence-corrected chi connectivity index (χ3v) is 1.80. The van der Waals surface area contributed by atoms with Gasteiger partial charge >= 0.3 is 110 Å². The Morgan fingerprint density at radius 2 is 1.08 bits per heavy atom. The van der Waals surface area contributed by atoms with E-state index in [2.05, 4.69) is 4.31 Å². The molecule has 7 nitrogen and oxygen atoms in total. The Labute approximate surface area is 155 Å². The zero-order valence-corrected chi connectivity index (χ0v) is 15.7. The van der Waals surface area contributed by atoms with Crippen molar-refractivity contribution in [2.75, 3.05) is 0 Å². The molecule has 0 atom stereocenters. The fraction of sp³-hybridized carbons (Fsp3) is 0. The Hall–Kier alpha value is 3.86. The number of hydrogen-bond acceptors (Lipinski definition) is 7. The molecule has 0 saturated carbocycles. The average Bonchev–Trinajstić information content (AvgIpc) is 1.14. The van der Waals surface area contributed by atoms with Gasteiger partial charge in [0, 0.05) is 0 Å². The van der Waals surface area contributed by atoms with E-state index < -0.39 is 15.6 Å². The van der Waals surface area contributed by atoms with Gasteiger partial charge in [-0.05, 0) is 0 Å². The first-order chi connectivity index (χ1) is 3.71. The summed E-state index contributed by atoms with van der Waals surface area (Å²) in [6, 6.07) is 0. The van der Waals surface area contributed by atoms with Crippen LogP contribution < -0.4 is 19.6 Å². The van der Waals surface area contributed by atoms with Crippen LogP contribution in [0.15, 0.2) is 0 Å². The summed E-state index contributed by atoms with van der Waals surface area (Å²) in [5, 5.41) is 0. The molecule has 0 N–H and O–H groups in total. The van der Waals surface area contributed by atoms with Crippen LogP contribution in [0.3, 0.4) is 0 Å². The molecule has 0 aromatic carbocycles. The molecule has 0 aromatic rings. The van der Waals surface area contributed by atoms with Crippen molar-refractivity contribution in [2.24, 2.45) is 0 Å². The second kappa shape index (κ2) is 10.0. The van der Waals surface area contributed by atoms with Crippen molar-refractivity contribution in [3.8, 4) is 0 Å². The summed E-state index contributed by atoms with van der Waals surface area (Å²) >= 11 is 0. The van der Waals surface area contributed by atoms with Crippen LogP contribution in [0, 0.1) is 0 Å². The van der Waals surface area contributed by atoms with Crippen molar-refractivity contribution >= 4 is 125 Å². The minimum Gasteiger partial charge on any atom is -0.790 e. The molecule has 0 aliphatic heterocycles.